The van der Waals surface area contributed by atoms with E-state index in [0.29, 0.717) is 50.4 Å². The minimum atomic E-state index is 0.330. The smallest absolute Gasteiger partial charge is 0.185 e. The van der Waals surface area contributed by atoms with Crippen molar-refractivity contribution in [2.75, 3.05) is 12.4 Å². The number of halogens is 2. The van der Waals surface area contributed by atoms with Crippen molar-refractivity contribution in [2.45, 2.75) is 0 Å². The van der Waals surface area contributed by atoms with Crippen LogP contribution in [0.15, 0.2) is 42.7 Å². The van der Waals surface area contributed by atoms with Crippen LogP contribution >= 0.6 is 23.2 Å². The molecule has 9 heteroatoms. The molecule has 0 aliphatic rings. The lowest BCUT2D eigenvalue weighted by Gasteiger charge is -2.15. The molecule has 154 valence electrons. The van der Waals surface area contributed by atoms with E-state index in [1.807, 2.05) is 18.2 Å². The molecule has 0 aliphatic heterocycles. The van der Waals surface area contributed by atoms with Gasteiger partial charge in [-0.2, -0.15) is 5.26 Å². The lowest BCUT2D eigenvalue weighted by molar-refractivity contribution is 0.111. The number of nitrogens with one attached hydrogen (secondary N) is 1. The number of methoxy groups -OCH3 is 1. The van der Waals surface area contributed by atoms with Crippen LogP contribution in [0.2, 0.25) is 10.0 Å². The van der Waals surface area contributed by atoms with E-state index in [1.165, 1.54) is 13.3 Å². The molecule has 0 amide bonds. The predicted molar refractivity (Wildman–Crippen MR) is 120 cm³/mol. The van der Waals surface area contributed by atoms with Gasteiger partial charge in [0.15, 0.2) is 12.1 Å². The number of hydrogen-bond donors (Lipinski definition) is 1. The number of anilines is 2. The third kappa shape index (κ3) is 3.67. The second-order valence-electron chi connectivity index (χ2n) is 6.66. The molecule has 4 aromatic rings. The van der Waals surface area contributed by atoms with E-state index in [0.717, 1.165) is 16.6 Å². The third-order valence-electron chi connectivity index (χ3n) is 4.92. The van der Waals surface area contributed by atoms with Crippen molar-refractivity contribution in [3.63, 3.8) is 0 Å². The van der Waals surface area contributed by atoms with Crippen molar-refractivity contribution in [2.24, 2.45) is 7.05 Å². The fourth-order valence-electron chi connectivity index (χ4n) is 3.29. The quantitative estimate of drug-likeness (QED) is 0.409. The number of fused-ring (bicyclic) bond motifs is 1. The van der Waals surface area contributed by atoms with E-state index in [9.17, 15) is 10.1 Å². The Morgan fingerprint density at radius 1 is 1.16 bits per heavy atom. The molecule has 4 rings (SSSR count). The van der Waals surface area contributed by atoms with Crippen LogP contribution in [0.4, 0.5) is 11.4 Å². The molecule has 0 atom stereocenters. The van der Waals surface area contributed by atoms with Crippen LogP contribution in [0.25, 0.3) is 22.2 Å². The molecule has 0 radical (unpaired) electrons. The van der Waals surface area contributed by atoms with Crippen LogP contribution in [-0.2, 0) is 7.05 Å². The minimum Gasteiger partial charge on any atom is -0.495 e. The van der Waals surface area contributed by atoms with Gasteiger partial charge in [0.2, 0.25) is 0 Å². The maximum Gasteiger partial charge on any atom is 0.185 e. The molecule has 2 heterocycles. The first-order valence-electron chi connectivity index (χ1n) is 9.07. The Morgan fingerprint density at radius 2 is 1.97 bits per heavy atom. The zero-order valence-electron chi connectivity index (χ0n) is 16.5. The number of nitriles is 1. The van der Waals surface area contributed by atoms with Crippen LogP contribution in [0.1, 0.15) is 16.2 Å². The Labute approximate surface area is 187 Å². The van der Waals surface area contributed by atoms with Crippen LogP contribution in [-0.4, -0.2) is 27.9 Å². The lowest BCUT2D eigenvalue weighted by atomic mass is 10.1. The van der Waals surface area contributed by atoms with Crippen molar-refractivity contribution < 1.29 is 9.53 Å². The SMILES string of the molecule is COc1cc(Nc2c(C#N)cnc3cc(-c4cnc(C=O)n4C)ccc23)c(Cl)cc1Cl. The molecular weight excluding hydrogens is 437 g/mol. The number of benzene rings is 2. The summed E-state index contributed by atoms with van der Waals surface area (Å²) in [5.74, 6) is 0.784. The fraction of sp³-hybridized carbons (Fsp3) is 0.0909. The summed E-state index contributed by atoms with van der Waals surface area (Å²) in [6.45, 7) is 0. The summed E-state index contributed by atoms with van der Waals surface area (Å²) in [6, 6.07) is 11.0. The second-order valence-corrected chi connectivity index (χ2v) is 7.48. The first-order valence-corrected chi connectivity index (χ1v) is 9.82. The normalized spacial score (nSPS) is 10.7. The molecule has 0 saturated heterocycles. The summed E-state index contributed by atoms with van der Waals surface area (Å²) in [4.78, 5) is 19.6. The molecule has 0 spiro atoms. The zero-order valence-corrected chi connectivity index (χ0v) is 18.0. The molecule has 2 aromatic carbocycles. The monoisotopic (exact) mass is 451 g/mol. The molecule has 31 heavy (non-hydrogen) atoms. The maximum atomic E-state index is 11.1. The zero-order chi connectivity index (χ0) is 22.1. The van der Waals surface area contributed by atoms with E-state index in [1.54, 1.807) is 29.9 Å². The van der Waals surface area contributed by atoms with Crippen molar-refractivity contribution in [1.82, 2.24) is 14.5 Å². The van der Waals surface area contributed by atoms with E-state index < -0.39 is 0 Å². The van der Waals surface area contributed by atoms with Gasteiger partial charge in [-0.25, -0.2) is 4.98 Å². The van der Waals surface area contributed by atoms with Crippen molar-refractivity contribution in [3.8, 4) is 23.1 Å². The molecule has 0 bridgehead atoms. The number of imidazole rings is 1. The second kappa shape index (κ2) is 8.26. The number of nitrogens with zero attached hydrogens (tertiary/aromatic N) is 4. The first kappa shape index (κ1) is 20.7. The fourth-order valence-corrected chi connectivity index (χ4v) is 3.80. The van der Waals surface area contributed by atoms with Gasteiger partial charge in [-0.1, -0.05) is 29.3 Å². The van der Waals surface area contributed by atoms with Crippen molar-refractivity contribution >= 4 is 51.8 Å². The van der Waals surface area contributed by atoms with Gasteiger partial charge in [0.1, 0.15) is 11.8 Å². The number of carbonyl (C=O) groups excluding carboxylic acids is 1. The molecule has 7 nitrogen and oxygen atoms in total. The predicted octanol–water partition coefficient (Wildman–Crippen LogP) is 5.38. The van der Waals surface area contributed by atoms with E-state index in [4.69, 9.17) is 27.9 Å². The molecule has 0 saturated carbocycles. The van der Waals surface area contributed by atoms with Gasteiger partial charge in [0.05, 0.1) is 51.5 Å². The van der Waals surface area contributed by atoms with Crippen LogP contribution < -0.4 is 10.1 Å². The number of pyridine rings is 1. The van der Waals surface area contributed by atoms with Gasteiger partial charge in [-0.05, 0) is 18.2 Å². The summed E-state index contributed by atoms with van der Waals surface area (Å²) < 4.78 is 6.97. The summed E-state index contributed by atoms with van der Waals surface area (Å²) in [5, 5.41) is 14.3. The standard InChI is InChI=1S/C22H15Cl2N5O2/c1-29-19(10-27-21(29)11-30)12-3-4-14-17(5-12)26-9-13(8-25)22(14)28-18-7-20(31-2)16(24)6-15(18)23/h3-7,9-11H,1-2H3,(H,26,28). The van der Waals surface area contributed by atoms with Gasteiger partial charge in [-0.3, -0.25) is 9.78 Å². The van der Waals surface area contributed by atoms with E-state index >= 15 is 0 Å². The molecular formula is C22H15Cl2N5O2. The van der Waals surface area contributed by atoms with E-state index in [-0.39, 0.29) is 0 Å². The Morgan fingerprint density at radius 3 is 2.65 bits per heavy atom. The topological polar surface area (TPSA) is 92.8 Å². The Bertz CT molecular complexity index is 1370. The molecule has 2 aromatic heterocycles. The first-order chi connectivity index (χ1) is 15.0. The number of aromatic nitrogens is 3. The number of hydrogen-bond acceptors (Lipinski definition) is 6. The lowest BCUT2D eigenvalue weighted by Crippen LogP contribution is -2.00. The highest BCUT2D eigenvalue weighted by Crippen LogP contribution is 2.38. The highest BCUT2D eigenvalue weighted by atomic mass is 35.5. The van der Waals surface area contributed by atoms with Crippen molar-refractivity contribution in [1.29, 1.82) is 5.26 Å². The van der Waals surface area contributed by atoms with Gasteiger partial charge in [-0.15, -0.1) is 0 Å². The van der Waals surface area contributed by atoms with Gasteiger partial charge < -0.3 is 14.6 Å². The molecule has 0 unspecified atom stereocenters. The van der Waals surface area contributed by atoms with E-state index in [2.05, 4.69) is 21.4 Å². The number of aldehydes is 1. The summed E-state index contributed by atoms with van der Waals surface area (Å²) >= 11 is 12.5. The minimum absolute atomic E-state index is 0.330. The average Bonchev–Trinajstić information content (AvgIpc) is 3.15. The average molecular weight is 452 g/mol. The van der Waals surface area contributed by atoms with Gasteiger partial charge in [0.25, 0.3) is 0 Å². The largest absolute Gasteiger partial charge is 0.495 e. The van der Waals surface area contributed by atoms with Crippen molar-refractivity contribution in [3.05, 3.63) is 64.2 Å². The Balaban J connectivity index is 1.84. The van der Waals surface area contributed by atoms with Crippen LogP contribution in [0, 0.1) is 11.3 Å². The molecule has 0 fully saturated rings. The highest BCUT2D eigenvalue weighted by Gasteiger charge is 2.15. The maximum absolute atomic E-state index is 11.1. The highest BCUT2D eigenvalue weighted by molar-refractivity contribution is 6.37. The molecule has 0 aliphatic carbocycles. The Hall–Kier alpha value is -3.60. The summed E-state index contributed by atoms with van der Waals surface area (Å²) in [5.41, 5.74) is 3.72. The number of rotatable bonds is 5. The number of carbonyl (C=O) groups is 1. The summed E-state index contributed by atoms with van der Waals surface area (Å²) in [6.07, 6.45) is 3.83. The van der Waals surface area contributed by atoms with Gasteiger partial charge in [0, 0.05) is 30.3 Å². The van der Waals surface area contributed by atoms with Gasteiger partial charge >= 0.3 is 0 Å². The Kier molecular flexibility index (Phi) is 5.51. The molecule has 1 N–H and O–H groups in total. The van der Waals surface area contributed by atoms with Crippen LogP contribution in [0.5, 0.6) is 5.75 Å². The summed E-state index contributed by atoms with van der Waals surface area (Å²) in [7, 11) is 3.28. The van der Waals surface area contributed by atoms with Crippen LogP contribution in [0.3, 0.4) is 0 Å². The third-order valence-corrected chi connectivity index (χ3v) is 5.52. The number of ether oxygens (including phenoxy) is 1.